The number of hydrogen-bond donors (Lipinski definition) is 3. The maximum absolute atomic E-state index is 13.6. The van der Waals surface area contributed by atoms with Crippen LogP contribution >= 0.6 is 0 Å². The van der Waals surface area contributed by atoms with Crippen molar-refractivity contribution in [3.8, 4) is 0 Å². The first-order valence-corrected chi connectivity index (χ1v) is 23.1. The molecule has 0 saturated heterocycles. The Morgan fingerprint density at radius 2 is 0.636 bits per heavy atom. The molecule has 0 aliphatic heterocycles. The number of carbonyl (C=O) groups excluding carboxylic acids is 3. The van der Waals surface area contributed by atoms with E-state index < -0.39 is 35.3 Å². The second-order valence-electron chi connectivity index (χ2n) is 15.6. The summed E-state index contributed by atoms with van der Waals surface area (Å²) >= 11 is 0. The van der Waals surface area contributed by atoms with Gasteiger partial charge in [-0.25, -0.2) is 42.5 Å². The number of aromatic nitrogens is 3. The predicted molar refractivity (Wildman–Crippen MR) is 259 cm³/mol. The van der Waals surface area contributed by atoms with Gasteiger partial charge in [-0.3, -0.25) is 0 Å². The summed E-state index contributed by atoms with van der Waals surface area (Å²) < 4.78 is 19.1. The summed E-state index contributed by atoms with van der Waals surface area (Å²) in [6, 6.07) is 29.2. The largest absolute Gasteiger partial charge is 0.445 e. The van der Waals surface area contributed by atoms with Crippen LogP contribution in [0.2, 0.25) is 0 Å². The third-order valence-electron chi connectivity index (χ3n) is 10.4. The molecule has 4 rings (SSSR count). The monoisotopic (exact) mass is 906 g/mol. The number of ether oxygens (including phenoxy) is 3. The van der Waals surface area contributed by atoms with E-state index in [-0.39, 0.29) is 39.5 Å². The van der Waals surface area contributed by atoms with Gasteiger partial charge in [0.2, 0.25) is 0 Å². The fourth-order valence-electron chi connectivity index (χ4n) is 6.84. The molecule has 0 saturated carbocycles. The molecule has 0 aliphatic rings. The van der Waals surface area contributed by atoms with Crippen LogP contribution in [0.4, 0.5) is 14.4 Å². The van der Waals surface area contributed by atoms with Gasteiger partial charge >= 0.3 is 35.3 Å². The van der Waals surface area contributed by atoms with Gasteiger partial charge in [-0.15, -0.1) is 0 Å². The minimum Gasteiger partial charge on any atom is -0.445 e. The van der Waals surface area contributed by atoms with Crippen LogP contribution in [0.15, 0.2) is 124 Å². The number of unbranched alkanes of at least 4 members (excludes halogenated alkanes) is 9. The van der Waals surface area contributed by atoms with Crippen molar-refractivity contribution < 1.29 is 28.6 Å². The van der Waals surface area contributed by atoms with Crippen LogP contribution < -0.4 is 33.0 Å². The zero-order valence-electron chi connectivity index (χ0n) is 38.0. The Hall–Kier alpha value is -6.90. The number of rotatable bonds is 30. The maximum Gasteiger partial charge on any atom is 0.407 e. The Morgan fingerprint density at radius 1 is 0.379 bits per heavy atom. The molecule has 0 atom stereocenters. The molecule has 0 bridgehead atoms. The summed E-state index contributed by atoms with van der Waals surface area (Å²) in [5.74, 6) is 0. The van der Waals surface area contributed by atoms with E-state index in [2.05, 4.69) is 16.0 Å². The molecule has 0 unspecified atom stereocenters. The minimum atomic E-state index is -0.619. The highest BCUT2D eigenvalue weighted by atomic mass is 16.6. The molecule has 66 heavy (non-hydrogen) atoms. The zero-order valence-corrected chi connectivity index (χ0v) is 38.0. The van der Waals surface area contributed by atoms with Gasteiger partial charge in [-0.1, -0.05) is 148 Å². The van der Waals surface area contributed by atoms with Crippen molar-refractivity contribution in [3.63, 3.8) is 0 Å². The lowest BCUT2D eigenvalue weighted by atomic mass is 10.2. The van der Waals surface area contributed by atoms with E-state index >= 15 is 0 Å². The molecule has 354 valence electrons. The Morgan fingerprint density at radius 3 is 0.909 bits per heavy atom. The average Bonchev–Trinajstić information content (AvgIpc) is 3.33. The van der Waals surface area contributed by atoms with Crippen LogP contribution in [0.25, 0.3) is 18.2 Å². The second kappa shape index (κ2) is 31.9. The summed E-state index contributed by atoms with van der Waals surface area (Å²) in [6.45, 7) is 2.24. The number of carbonyl (C=O) groups is 3. The number of nitrogens with one attached hydrogen (secondary N) is 3. The Labute approximate surface area is 387 Å². The number of hydrogen-bond acceptors (Lipinski definition) is 9. The molecule has 3 aromatic carbocycles. The first-order valence-electron chi connectivity index (χ1n) is 23.1. The minimum absolute atomic E-state index is 0.156. The normalized spacial score (nSPS) is 11.3. The van der Waals surface area contributed by atoms with Crippen molar-refractivity contribution >= 4 is 36.5 Å². The quantitative estimate of drug-likeness (QED) is 0.0344. The summed E-state index contributed by atoms with van der Waals surface area (Å²) in [5, 5.41) is 8.23. The molecule has 0 aliphatic carbocycles. The number of nitrogens with zero attached hydrogens (tertiary/aromatic N) is 3. The molecule has 0 radical (unpaired) electrons. The highest BCUT2D eigenvalue weighted by Crippen LogP contribution is 2.06. The lowest BCUT2D eigenvalue weighted by molar-refractivity contribution is 0.157. The topological polar surface area (TPSA) is 181 Å². The first kappa shape index (κ1) is 51.7. The highest BCUT2D eigenvalue weighted by molar-refractivity contribution is 5.68. The standard InChI is InChI=1S/C51H66N6O9/c58-46(64-40-22-31-43-25-10-7-11-26-43)52-34-16-1-4-19-37-55-49(61)56(38-20-5-2-17-35-53-47(59)65-41-23-32-44-27-12-8-13-28-44)51(63)57(50(55)62)39-21-6-3-18-36-54-48(60)66-42-24-33-45-29-14-9-15-30-45/h7-15,22-33H,1-6,16-21,34-42H2,(H,52,58)(H,53,59)(H,54,60)/b31-22+,32-23+,33-24+. The van der Waals surface area contributed by atoms with Crippen molar-refractivity contribution in [1.29, 1.82) is 0 Å². The Bertz CT molecular complexity index is 2000. The van der Waals surface area contributed by atoms with Gasteiger partial charge in [0.15, 0.2) is 0 Å². The highest BCUT2D eigenvalue weighted by Gasteiger charge is 2.15. The SMILES string of the molecule is O=C(NCCCCCCn1c(=O)n(CCCCCCNC(=O)OC/C=C/c2ccccc2)c(=O)n(CCCCCCNC(=O)OC/C=C/c2ccccc2)c1=O)OC/C=C/c1ccccc1. The van der Waals surface area contributed by atoms with E-state index in [1.807, 2.05) is 109 Å². The van der Waals surface area contributed by atoms with Crippen molar-refractivity contribution in [2.45, 2.75) is 96.7 Å². The van der Waals surface area contributed by atoms with Gasteiger partial charge < -0.3 is 30.2 Å². The third-order valence-corrected chi connectivity index (χ3v) is 10.4. The molecule has 15 nitrogen and oxygen atoms in total. The number of amides is 3. The molecular weight excluding hydrogens is 841 g/mol. The summed E-state index contributed by atoms with van der Waals surface area (Å²) in [6.07, 6.45) is 17.6. The number of benzene rings is 3. The average molecular weight is 907 g/mol. The Balaban J connectivity index is 1.19. The van der Waals surface area contributed by atoms with Crippen LogP contribution in [-0.4, -0.2) is 71.4 Å². The van der Waals surface area contributed by atoms with Crippen LogP contribution in [0.3, 0.4) is 0 Å². The van der Waals surface area contributed by atoms with Gasteiger partial charge in [0.25, 0.3) is 0 Å². The molecule has 1 aromatic heterocycles. The second-order valence-corrected chi connectivity index (χ2v) is 15.6. The van der Waals surface area contributed by atoms with Gasteiger partial charge in [0.1, 0.15) is 19.8 Å². The lowest BCUT2D eigenvalue weighted by Gasteiger charge is -2.14. The molecule has 15 heteroatoms. The van der Waals surface area contributed by atoms with E-state index in [0.29, 0.717) is 77.4 Å². The van der Waals surface area contributed by atoms with E-state index in [4.69, 9.17) is 14.2 Å². The van der Waals surface area contributed by atoms with E-state index in [0.717, 1.165) is 49.7 Å². The fourth-order valence-corrected chi connectivity index (χ4v) is 6.84. The van der Waals surface area contributed by atoms with E-state index in [1.54, 1.807) is 18.2 Å². The smallest absolute Gasteiger partial charge is 0.407 e. The predicted octanol–water partition coefficient (Wildman–Crippen LogP) is 8.17. The van der Waals surface area contributed by atoms with Crippen LogP contribution in [0.5, 0.6) is 0 Å². The van der Waals surface area contributed by atoms with Crippen molar-refractivity contribution in [3.05, 3.63) is 157 Å². The molecule has 1 heterocycles. The molecule has 4 aromatic rings. The van der Waals surface area contributed by atoms with Crippen molar-refractivity contribution in [2.24, 2.45) is 0 Å². The van der Waals surface area contributed by atoms with Gasteiger partial charge in [-0.05, 0) is 73.4 Å². The van der Waals surface area contributed by atoms with E-state index in [9.17, 15) is 28.8 Å². The zero-order chi connectivity index (χ0) is 46.9. The molecule has 3 N–H and O–H groups in total. The Kier molecular flexibility index (Phi) is 25.0. The van der Waals surface area contributed by atoms with Crippen molar-refractivity contribution in [2.75, 3.05) is 39.5 Å². The fraction of sp³-hybridized carbons (Fsp3) is 0.412. The van der Waals surface area contributed by atoms with E-state index in [1.165, 1.54) is 0 Å². The molecule has 0 spiro atoms. The van der Waals surface area contributed by atoms with Gasteiger partial charge in [0.05, 0.1) is 0 Å². The van der Waals surface area contributed by atoms with Gasteiger partial charge in [0, 0.05) is 39.3 Å². The summed E-state index contributed by atoms with van der Waals surface area (Å²) in [5.41, 5.74) is 1.20. The number of alkyl carbamates (subject to hydrolysis) is 3. The molecule has 0 fully saturated rings. The van der Waals surface area contributed by atoms with Crippen LogP contribution in [0.1, 0.15) is 93.7 Å². The third kappa shape index (κ3) is 21.2. The summed E-state index contributed by atoms with van der Waals surface area (Å²) in [4.78, 5) is 77.0. The summed E-state index contributed by atoms with van der Waals surface area (Å²) in [7, 11) is 0. The maximum atomic E-state index is 13.6. The lowest BCUT2D eigenvalue weighted by Crippen LogP contribution is -2.54. The van der Waals surface area contributed by atoms with Crippen LogP contribution in [-0.2, 0) is 33.8 Å². The van der Waals surface area contributed by atoms with Crippen molar-refractivity contribution in [1.82, 2.24) is 29.7 Å². The molecule has 3 amide bonds. The van der Waals surface area contributed by atoms with Gasteiger partial charge in [-0.2, -0.15) is 0 Å². The molecular formula is C51H66N6O9. The first-order chi connectivity index (χ1) is 32.3. The van der Waals surface area contributed by atoms with Crippen LogP contribution in [0, 0.1) is 0 Å².